The van der Waals surface area contributed by atoms with Crippen LogP contribution in [-0.2, 0) is 23.1 Å². The van der Waals surface area contributed by atoms with E-state index >= 15 is 0 Å². The van der Waals surface area contributed by atoms with Gasteiger partial charge in [-0.2, -0.15) is 0 Å². The number of sulfonamides is 1. The molecule has 5 heteroatoms. The van der Waals surface area contributed by atoms with E-state index in [1.54, 1.807) is 6.07 Å². The van der Waals surface area contributed by atoms with Crippen molar-refractivity contribution < 1.29 is 8.42 Å². The lowest BCUT2D eigenvalue weighted by Gasteiger charge is -2.30. The molecule has 1 N–H and O–H groups in total. The van der Waals surface area contributed by atoms with Crippen molar-refractivity contribution in [1.29, 1.82) is 0 Å². The van der Waals surface area contributed by atoms with E-state index in [4.69, 9.17) is 0 Å². The summed E-state index contributed by atoms with van der Waals surface area (Å²) in [5, 5.41) is 0. The Balaban J connectivity index is 1.27. The quantitative estimate of drug-likeness (QED) is 0.825. The van der Waals surface area contributed by atoms with Crippen molar-refractivity contribution in [3.05, 3.63) is 65.2 Å². The molecule has 2 saturated carbocycles. The molecule has 0 bridgehead atoms. The Kier molecular flexibility index (Phi) is 4.77. The molecule has 148 valence electrons. The molecule has 2 fully saturated rings. The van der Waals surface area contributed by atoms with Crippen LogP contribution in [0.5, 0.6) is 0 Å². The number of hydrogen-bond acceptors (Lipinski definition) is 3. The monoisotopic (exact) mass is 396 g/mol. The molecule has 28 heavy (non-hydrogen) atoms. The number of fused-ring (bicyclic) bond motifs is 1. The molecule has 0 unspecified atom stereocenters. The first-order valence-electron chi connectivity index (χ1n) is 10.5. The first-order valence-corrected chi connectivity index (χ1v) is 12.0. The Morgan fingerprint density at radius 1 is 0.893 bits per heavy atom. The fourth-order valence-corrected chi connectivity index (χ4v) is 6.27. The average molecular weight is 397 g/mol. The minimum atomic E-state index is -3.47. The summed E-state index contributed by atoms with van der Waals surface area (Å²) in [5.74, 6) is 0.298. The molecule has 5 rings (SSSR count). The highest BCUT2D eigenvalue weighted by atomic mass is 32.2. The van der Waals surface area contributed by atoms with E-state index in [0.29, 0.717) is 16.9 Å². The maximum absolute atomic E-state index is 12.9. The van der Waals surface area contributed by atoms with Gasteiger partial charge in [0.05, 0.1) is 4.90 Å². The van der Waals surface area contributed by atoms with Gasteiger partial charge in [-0.1, -0.05) is 55.7 Å². The van der Waals surface area contributed by atoms with E-state index in [2.05, 4.69) is 21.8 Å². The van der Waals surface area contributed by atoms with Crippen molar-refractivity contribution in [1.82, 2.24) is 9.62 Å². The number of nitrogens with zero attached hydrogens (tertiary/aromatic N) is 1. The predicted molar refractivity (Wildman–Crippen MR) is 110 cm³/mol. The Morgan fingerprint density at radius 2 is 1.64 bits per heavy atom. The molecule has 2 aromatic carbocycles. The molecule has 0 spiro atoms. The topological polar surface area (TPSA) is 49.4 Å². The third-order valence-corrected chi connectivity index (χ3v) is 8.14. The molecule has 2 aromatic rings. The second-order valence-electron chi connectivity index (χ2n) is 8.61. The van der Waals surface area contributed by atoms with Crippen LogP contribution >= 0.6 is 0 Å². The Morgan fingerprint density at radius 3 is 2.43 bits per heavy atom. The van der Waals surface area contributed by atoms with Gasteiger partial charge in [0.25, 0.3) is 0 Å². The molecule has 1 heterocycles. The minimum Gasteiger partial charge on any atom is -0.292 e. The normalized spacial score (nSPS) is 25.6. The van der Waals surface area contributed by atoms with Gasteiger partial charge in [-0.05, 0) is 48.1 Å². The Labute approximate surface area is 168 Å². The fraction of sp³-hybridized carbons (Fsp3) is 0.478. The highest BCUT2D eigenvalue weighted by Gasteiger charge is 2.41. The second-order valence-corrected chi connectivity index (χ2v) is 10.3. The largest absolute Gasteiger partial charge is 0.292 e. The maximum atomic E-state index is 12.9. The van der Waals surface area contributed by atoms with Gasteiger partial charge < -0.3 is 0 Å². The van der Waals surface area contributed by atoms with Crippen LogP contribution in [0.3, 0.4) is 0 Å². The van der Waals surface area contributed by atoms with E-state index in [1.165, 1.54) is 48.8 Å². The SMILES string of the molecule is O=S(=O)(N[C@H]1C[C@@H]1c1ccccc1)c1ccc2c(c1)CN(C1CCCCC1)C2. The van der Waals surface area contributed by atoms with Crippen molar-refractivity contribution in [3.63, 3.8) is 0 Å². The molecule has 2 aliphatic carbocycles. The van der Waals surface area contributed by atoms with E-state index in [-0.39, 0.29) is 6.04 Å². The van der Waals surface area contributed by atoms with E-state index in [0.717, 1.165) is 19.5 Å². The van der Waals surface area contributed by atoms with Crippen LogP contribution in [0.2, 0.25) is 0 Å². The zero-order valence-electron chi connectivity index (χ0n) is 16.2. The van der Waals surface area contributed by atoms with Gasteiger partial charge in [-0.25, -0.2) is 13.1 Å². The number of rotatable bonds is 5. The summed E-state index contributed by atoms with van der Waals surface area (Å²) in [6, 6.07) is 16.6. The molecule has 4 nitrogen and oxygen atoms in total. The lowest BCUT2D eigenvalue weighted by molar-refractivity contribution is 0.156. The van der Waals surface area contributed by atoms with Gasteiger partial charge in [0.1, 0.15) is 0 Å². The van der Waals surface area contributed by atoms with Crippen molar-refractivity contribution in [2.45, 2.75) is 74.5 Å². The first kappa shape index (κ1) is 18.3. The third kappa shape index (κ3) is 3.63. The summed E-state index contributed by atoms with van der Waals surface area (Å²) in [4.78, 5) is 2.95. The lowest BCUT2D eigenvalue weighted by Crippen LogP contribution is -2.32. The van der Waals surface area contributed by atoms with E-state index in [1.807, 2.05) is 30.3 Å². The van der Waals surface area contributed by atoms with Crippen LogP contribution in [0.1, 0.15) is 61.1 Å². The van der Waals surface area contributed by atoms with Gasteiger partial charge in [0.2, 0.25) is 10.0 Å². The lowest BCUT2D eigenvalue weighted by atomic mass is 9.94. The summed E-state index contributed by atoms with van der Waals surface area (Å²) < 4.78 is 28.8. The molecule has 0 amide bonds. The number of hydrogen-bond donors (Lipinski definition) is 1. The summed E-state index contributed by atoms with van der Waals surface area (Å²) in [6.45, 7) is 1.85. The van der Waals surface area contributed by atoms with Crippen LogP contribution in [0.4, 0.5) is 0 Å². The molecule has 3 aliphatic rings. The molecule has 2 atom stereocenters. The van der Waals surface area contributed by atoms with Gasteiger partial charge in [0.15, 0.2) is 0 Å². The standard InChI is InChI=1S/C23H28N2O2S/c26-28(27,24-23-14-22(23)17-7-3-1-4-8-17)21-12-11-18-15-25(16-19(18)13-21)20-9-5-2-6-10-20/h1,3-4,7-8,11-13,20,22-24H,2,5-6,9-10,14-16H2/t22-,23+/m1/s1. The van der Waals surface area contributed by atoms with Gasteiger partial charge >= 0.3 is 0 Å². The maximum Gasteiger partial charge on any atom is 0.240 e. The average Bonchev–Trinajstić information content (AvgIpc) is 3.34. The van der Waals surface area contributed by atoms with Crippen LogP contribution in [0.15, 0.2) is 53.4 Å². The highest BCUT2D eigenvalue weighted by Crippen LogP contribution is 2.41. The van der Waals surface area contributed by atoms with Gasteiger partial charge in [-0.15, -0.1) is 0 Å². The molecular formula is C23H28N2O2S. The van der Waals surface area contributed by atoms with Crippen molar-refractivity contribution in [2.75, 3.05) is 0 Å². The zero-order valence-corrected chi connectivity index (χ0v) is 17.0. The Bertz CT molecular complexity index is 952. The van der Waals surface area contributed by atoms with Crippen LogP contribution < -0.4 is 4.72 Å². The minimum absolute atomic E-state index is 0.0133. The van der Waals surface area contributed by atoms with E-state index < -0.39 is 10.0 Å². The number of benzene rings is 2. The molecular weight excluding hydrogens is 368 g/mol. The molecule has 1 aliphatic heterocycles. The molecule has 0 saturated heterocycles. The van der Waals surface area contributed by atoms with Crippen LogP contribution in [0, 0.1) is 0 Å². The Hall–Kier alpha value is -1.69. The van der Waals surface area contributed by atoms with Crippen LogP contribution in [0.25, 0.3) is 0 Å². The second kappa shape index (κ2) is 7.29. The summed E-state index contributed by atoms with van der Waals surface area (Å²) in [7, 11) is -3.47. The summed E-state index contributed by atoms with van der Waals surface area (Å²) in [6.07, 6.45) is 7.45. The predicted octanol–water partition coefficient (Wildman–Crippen LogP) is 4.17. The first-order chi connectivity index (χ1) is 13.6. The smallest absolute Gasteiger partial charge is 0.240 e. The van der Waals surface area contributed by atoms with Gasteiger partial charge in [-0.3, -0.25) is 4.90 Å². The van der Waals surface area contributed by atoms with Crippen molar-refractivity contribution in [2.24, 2.45) is 0 Å². The van der Waals surface area contributed by atoms with Gasteiger partial charge in [0, 0.05) is 31.1 Å². The number of nitrogens with one attached hydrogen (secondary N) is 1. The molecule has 0 radical (unpaired) electrons. The fourth-order valence-electron chi connectivity index (χ4n) is 4.93. The molecule has 0 aromatic heterocycles. The zero-order chi connectivity index (χ0) is 19.1. The summed E-state index contributed by atoms with van der Waals surface area (Å²) in [5.41, 5.74) is 3.69. The van der Waals surface area contributed by atoms with E-state index in [9.17, 15) is 8.42 Å². The third-order valence-electron chi connectivity index (χ3n) is 6.65. The summed E-state index contributed by atoms with van der Waals surface area (Å²) >= 11 is 0. The van der Waals surface area contributed by atoms with Crippen LogP contribution in [-0.4, -0.2) is 25.4 Å². The highest BCUT2D eigenvalue weighted by molar-refractivity contribution is 7.89. The van der Waals surface area contributed by atoms with Crippen molar-refractivity contribution >= 4 is 10.0 Å². The van der Waals surface area contributed by atoms with Crippen molar-refractivity contribution in [3.8, 4) is 0 Å².